The highest BCUT2D eigenvalue weighted by Gasteiger charge is 2.10. The van der Waals surface area contributed by atoms with E-state index in [0.29, 0.717) is 12.2 Å². The second-order valence-corrected chi connectivity index (χ2v) is 3.84. The molecule has 15 heavy (non-hydrogen) atoms. The molecular formula is C9H13N3O2S. The number of hydrogen-bond donors (Lipinski definition) is 2. The van der Waals surface area contributed by atoms with Gasteiger partial charge >= 0.3 is 5.97 Å². The summed E-state index contributed by atoms with van der Waals surface area (Å²) >= 11 is 1.74. The second-order valence-electron chi connectivity index (χ2n) is 2.86. The monoisotopic (exact) mass is 227 g/mol. The summed E-state index contributed by atoms with van der Waals surface area (Å²) in [6, 6.07) is 0. The summed E-state index contributed by atoms with van der Waals surface area (Å²) in [5.41, 5.74) is 0.688. The van der Waals surface area contributed by atoms with Crippen LogP contribution in [-0.2, 0) is 6.54 Å². The molecule has 1 rings (SSSR count). The van der Waals surface area contributed by atoms with Gasteiger partial charge in [-0.15, -0.1) is 0 Å². The van der Waals surface area contributed by atoms with Gasteiger partial charge in [-0.3, -0.25) is 0 Å². The van der Waals surface area contributed by atoms with Crippen molar-refractivity contribution >= 4 is 17.7 Å². The SMILES string of the molecule is CSCCNCc1ncncc1C(=O)O. The van der Waals surface area contributed by atoms with Crippen LogP contribution in [0.4, 0.5) is 0 Å². The maximum Gasteiger partial charge on any atom is 0.339 e. The summed E-state index contributed by atoms with van der Waals surface area (Å²) in [7, 11) is 0. The lowest BCUT2D eigenvalue weighted by Crippen LogP contribution is -2.19. The van der Waals surface area contributed by atoms with Crippen LogP contribution in [0.3, 0.4) is 0 Å². The van der Waals surface area contributed by atoms with E-state index in [1.165, 1.54) is 12.5 Å². The van der Waals surface area contributed by atoms with Gasteiger partial charge in [0.1, 0.15) is 11.9 Å². The summed E-state index contributed by atoms with van der Waals surface area (Å²) < 4.78 is 0. The predicted molar refractivity (Wildman–Crippen MR) is 59.1 cm³/mol. The van der Waals surface area contributed by atoms with Crippen LogP contribution in [-0.4, -0.2) is 39.6 Å². The molecule has 1 aromatic rings. The van der Waals surface area contributed by atoms with Gasteiger partial charge in [0, 0.05) is 25.0 Å². The minimum atomic E-state index is -0.989. The zero-order chi connectivity index (χ0) is 11.1. The van der Waals surface area contributed by atoms with Crippen molar-refractivity contribution in [3.8, 4) is 0 Å². The lowest BCUT2D eigenvalue weighted by molar-refractivity contribution is 0.0694. The average Bonchev–Trinajstić information content (AvgIpc) is 2.25. The van der Waals surface area contributed by atoms with Gasteiger partial charge in [0.2, 0.25) is 0 Å². The van der Waals surface area contributed by atoms with Crippen molar-refractivity contribution in [3.63, 3.8) is 0 Å². The van der Waals surface area contributed by atoms with Crippen LogP contribution >= 0.6 is 11.8 Å². The van der Waals surface area contributed by atoms with E-state index < -0.39 is 5.97 Å². The number of carboxylic acid groups (broad SMARTS) is 1. The van der Waals surface area contributed by atoms with Crippen LogP contribution in [0.2, 0.25) is 0 Å². The fourth-order valence-electron chi connectivity index (χ4n) is 1.06. The van der Waals surface area contributed by atoms with Crippen molar-refractivity contribution in [2.45, 2.75) is 6.54 Å². The predicted octanol–water partition coefficient (Wildman–Crippen LogP) is 0.627. The minimum absolute atomic E-state index is 0.161. The highest BCUT2D eigenvalue weighted by atomic mass is 32.2. The zero-order valence-corrected chi connectivity index (χ0v) is 9.25. The Bertz CT molecular complexity index is 333. The maximum atomic E-state index is 10.8. The van der Waals surface area contributed by atoms with Gasteiger partial charge in [-0.25, -0.2) is 14.8 Å². The Hall–Kier alpha value is -1.14. The number of carbonyl (C=O) groups is 1. The zero-order valence-electron chi connectivity index (χ0n) is 8.43. The molecule has 0 amide bonds. The third-order valence-electron chi connectivity index (χ3n) is 1.80. The minimum Gasteiger partial charge on any atom is -0.478 e. The molecule has 0 atom stereocenters. The Labute approximate surface area is 92.3 Å². The number of nitrogens with one attached hydrogen (secondary N) is 1. The van der Waals surface area contributed by atoms with Gasteiger partial charge in [0.25, 0.3) is 0 Å². The lowest BCUT2D eigenvalue weighted by Gasteiger charge is -2.05. The van der Waals surface area contributed by atoms with E-state index >= 15 is 0 Å². The van der Waals surface area contributed by atoms with E-state index in [9.17, 15) is 4.79 Å². The number of thioether (sulfide) groups is 1. The standard InChI is InChI=1S/C9H13N3O2S/c1-15-3-2-10-5-8-7(9(13)14)4-11-6-12-8/h4,6,10H,2-3,5H2,1H3,(H,13,14). The third-order valence-corrected chi connectivity index (χ3v) is 2.41. The molecule has 0 saturated carbocycles. The summed E-state index contributed by atoms with van der Waals surface area (Å²) in [5.74, 6) is 0.00490. The Morgan fingerprint density at radius 2 is 2.47 bits per heavy atom. The Balaban J connectivity index is 2.56. The van der Waals surface area contributed by atoms with Gasteiger partial charge in [-0.05, 0) is 6.26 Å². The van der Waals surface area contributed by atoms with Crippen molar-refractivity contribution in [2.75, 3.05) is 18.6 Å². The van der Waals surface area contributed by atoms with E-state index in [1.54, 1.807) is 11.8 Å². The van der Waals surface area contributed by atoms with Gasteiger partial charge in [0.15, 0.2) is 0 Å². The molecule has 1 heterocycles. The molecule has 0 aromatic carbocycles. The fourth-order valence-corrected chi connectivity index (χ4v) is 1.40. The van der Waals surface area contributed by atoms with E-state index in [4.69, 9.17) is 5.11 Å². The summed E-state index contributed by atoms with van der Waals surface area (Å²) in [6.45, 7) is 1.30. The maximum absolute atomic E-state index is 10.8. The van der Waals surface area contributed by atoms with Gasteiger partial charge in [-0.1, -0.05) is 0 Å². The highest BCUT2D eigenvalue weighted by molar-refractivity contribution is 7.98. The number of carboxylic acids is 1. The highest BCUT2D eigenvalue weighted by Crippen LogP contribution is 2.02. The first-order valence-corrected chi connectivity index (χ1v) is 5.87. The molecule has 0 spiro atoms. The largest absolute Gasteiger partial charge is 0.478 e. The Kier molecular flexibility index (Phi) is 5.06. The molecule has 0 fully saturated rings. The van der Waals surface area contributed by atoms with Crippen LogP contribution in [0.5, 0.6) is 0 Å². The third kappa shape index (κ3) is 3.85. The molecule has 6 heteroatoms. The molecule has 2 N–H and O–H groups in total. The fraction of sp³-hybridized carbons (Fsp3) is 0.444. The molecule has 0 aliphatic heterocycles. The number of aromatic carboxylic acids is 1. The molecule has 0 aliphatic carbocycles. The summed E-state index contributed by atoms with van der Waals surface area (Å²) in [5, 5.41) is 12.0. The molecular weight excluding hydrogens is 214 g/mol. The summed E-state index contributed by atoms with van der Waals surface area (Å²) in [6.07, 6.45) is 4.70. The number of nitrogens with zero attached hydrogens (tertiary/aromatic N) is 2. The van der Waals surface area contributed by atoms with Gasteiger partial charge < -0.3 is 10.4 Å². The van der Waals surface area contributed by atoms with Crippen LogP contribution < -0.4 is 5.32 Å². The van der Waals surface area contributed by atoms with Crippen molar-refractivity contribution < 1.29 is 9.90 Å². The van der Waals surface area contributed by atoms with Crippen LogP contribution in [0.1, 0.15) is 16.1 Å². The normalized spacial score (nSPS) is 10.2. The molecule has 0 aliphatic rings. The number of rotatable bonds is 6. The van der Waals surface area contributed by atoms with E-state index in [-0.39, 0.29) is 5.56 Å². The van der Waals surface area contributed by atoms with Crippen molar-refractivity contribution in [2.24, 2.45) is 0 Å². The van der Waals surface area contributed by atoms with Crippen molar-refractivity contribution in [1.82, 2.24) is 15.3 Å². The quantitative estimate of drug-likeness (QED) is 0.694. The topological polar surface area (TPSA) is 75.1 Å². The summed E-state index contributed by atoms with van der Waals surface area (Å²) in [4.78, 5) is 18.4. The Morgan fingerprint density at radius 1 is 1.67 bits per heavy atom. The first kappa shape index (κ1) is 11.9. The number of hydrogen-bond acceptors (Lipinski definition) is 5. The van der Waals surface area contributed by atoms with E-state index in [1.807, 2.05) is 6.26 Å². The molecule has 1 aromatic heterocycles. The van der Waals surface area contributed by atoms with Crippen LogP contribution in [0, 0.1) is 0 Å². The molecule has 0 unspecified atom stereocenters. The van der Waals surface area contributed by atoms with E-state index in [2.05, 4.69) is 15.3 Å². The van der Waals surface area contributed by atoms with Gasteiger partial charge in [0.05, 0.1) is 5.69 Å². The van der Waals surface area contributed by atoms with E-state index in [0.717, 1.165) is 12.3 Å². The molecule has 0 saturated heterocycles. The molecule has 82 valence electrons. The second kappa shape index (κ2) is 6.36. The van der Waals surface area contributed by atoms with Gasteiger partial charge in [-0.2, -0.15) is 11.8 Å². The first-order chi connectivity index (χ1) is 7.25. The van der Waals surface area contributed by atoms with Crippen LogP contribution in [0.15, 0.2) is 12.5 Å². The molecule has 0 bridgehead atoms. The van der Waals surface area contributed by atoms with Crippen molar-refractivity contribution in [1.29, 1.82) is 0 Å². The molecule has 0 radical (unpaired) electrons. The lowest BCUT2D eigenvalue weighted by atomic mass is 10.2. The van der Waals surface area contributed by atoms with Crippen molar-refractivity contribution in [3.05, 3.63) is 23.8 Å². The first-order valence-electron chi connectivity index (χ1n) is 4.47. The average molecular weight is 227 g/mol. The molecule has 5 nitrogen and oxygen atoms in total. The van der Waals surface area contributed by atoms with Crippen LogP contribution in [0.25, 0.3) is 0 Å². The number of aromatic nitrogens is 2. The Morgan fingerprint density at radius 3 is 3.13 bits per heavy atom. The smallest absolute Gasteiger partial charge is 0.339 e.